The maximum atomic E-state index is 12.5. The van der Waals surface area contributed by atoms with E-state index in [0.717, 1.165) is 0 Å². The fourth-order valence-electron chi connectivity index (χ4n) is 0.442. The van der Waals surface area contributed by atoms with Crippen LogP contribution in [0.15, 0.2) is 6.07 Å². The number of rotatable bonds is 0. The first kappa shape index (κ1) is 8.05. The number of nitrogens with zero attached hydrogens (tertiary/aromatic N) is 1. The summed E-state index contributed by atoms with van der Waals surface area (Å²) >= 11 is 16.0. The zero-order chi connectivity index (χ0) is 7.72. The fourth-order valence-corrected chi connectivity index (χ4v) is 1.17. The van der Waals surface area contributed by atoms with Crippen molar-refractivity contribution >= 4 is 34.8 Å². The van der Waals surface area contributed by atoms with E-state index in [4.69, 9.17) is 34.8 Å². The topological polar surface area (TPSA) is 12.9 Å². The summed E-state index contributed by atoms with van der Waals surface area (Å²) in [4.78, 5) is 3.41. The fraction of sp³-hybridized carbons (Fsp3) is 0. The lowest BCUT2D eigenvalue weighted by molar-refractivity contribution is 0.622. The quantitative estimate of drug-likeness (QED) is 0.586. The molecule has 1 rings (SSSR count). The summed E-state index contributed by atoms with van der Waals surface area (Å²) in [6, 6.07) is 1.18. The van der Waals surface area contributed by atoms with Gasteiger partial charge in [0.25, 0.3) is 0 Å². The number of hydrogen-bond donors (Lipinski definition) is 0. The van der Waals surface area contributed by atoms with Crippen LogP contribution in [0.4, 0.5) is 4.39 Å². The molecule has 0 radical (unpaired) electrons. The van der Waals surface area contributed by atoms with Gasteiger partial charge in [-0.2, -0.15) is 0 Å². The third-order valence-corrected chi connectivity index (χ3v) is 1.56. The minimum Gasteiger partial charge on any atom is -0.221 e. The van der Waals surface area contributed by atoms with E-state index in [1.165, 1.54) is 6.07 Å². The van der Waals surface area contributed by atoms with Crippen LogP contribution in [0.3, 0.4) is 0 Å². The smallest absolute Gasteiger partial charge is 0.179 e. The average Bonchev–Trinajstić information content (AvgIpc) is 1.82. The third-order valence-electron chi connectivity index (χ3n) is 0.842. The highest BCUT2D eigenvalue weighted by atomic mass is 35.5. The molecule has 0 N–H and O–H groups in total. The van der Waals surface area contributed by atoms with Crippen molar-refractivity contribution in [1.29, 1.82) is 0 Å². The van der Waals surface area contributed by atoms with Crippen molar-refractivity contribution in [3.8, 4) is 0 Å². The van der Waals surface area contributed by atoms with Gasteiger partial charge in [-0.3, -0.25) is 0 Å². The van der Waals surface area contributed by atoms with E-state index in [9.17, 15) is 4.39 Å². The maximum Gasteiger partial charge on any atom is 0.179 e. The molecule has 0 bridgehead atoms. The predicted molar refractivity (Wildman–Crippen MR) is 39.2 cm³/mol. The zero-order valence-electron chi connectivity index (χ0n) is 4.54. The summed E-state index contributed by atoms with van der Waals surface area (Å²) in [5, 5.41) is -0.348. The molecule has 0 aliphatic rings. The Morgan fingerprint density at radius 2 is 1.90 bits per heavy atom. The van der Waals surface area contributed by atoms with E-state index in [2.05, 4.69) is 4.98 Å². The average molecular weight is 200 g/mol. The highest BCUT2D eigenvalue weighted by Crippen LogP contribution is 2.23. The molecule has 5 heteroatoms. The van der Waals surface area contributed by atoms with Gasteiger partial charge in [-0.15, -0.1) is 0 Å². The first-order valence-corrected chi connectivity index (χ1v) is 3.41. The molecule has 0 amide bonds. The van der Waals surface area contributed by atoms with Crippen LogP contribution in [-0.2, 0) is 0 Å². The predicted octanol–water partition coefficient (Wildman–Crippen LogP) is 3.18. The Labute approximate surface area is 71.7 Å². The molecule has 0 saturated heterocycles. The van der Waals surface area contributed by atoms with Crippen LogP contribution in [0.1, 0.15) is 0 Å². The first-order chi connectivity index (χ1) is 4.61. The van der Waals surface area contributed by atoms with Gasteiger partial charge < -0.3 is 0 Å². The second kappa shape index (κ2) is 2.91. The lowest BCUT2D eigenvalue weighted by Gasteiger charge is -1.95. The molecule has 1 heterocycles. The van der Waals surface area contributed by atoms with Gasteiger partial charge in [0.15, 0.2) is 11.0 Å². The van der Waals surface area contributed by atoms with Crippen LogP contribution < -0.4 is 0 Å². The van der Waals surface area contributed by atoms with Crippen molar-refractivity contribution in [2.24, 2.45) is 0 Å². The van der Waals surface area contributed by atoms with Crippen molar-refractivity contribution < 1.29 is 4.39 Å². The summed E-state index contributed by atoms with van der Waals surface area (Å²) in [5.74, 6) is -0.743. The zero-order valence-corrected chi connectivity index (χ0v) is 6.80. The highest BCUT2D eigenvalue weighted by Gasteiger charge is 2.06. The molecule has 0 saturated carbocycles. The minimum atomic E-state index is -0.743. The van der Waals surface area contributed by atoms with Crippen LogP contribution in [-0.4, -0.2) is 4.98 Å². The summed E-state index contributed by atoms with van der Waals surface area (Å²) in [5.41, 5.74) is 0. The van der Waals surface area contributed by atoms with Crippen LogP contribution in [0.25, 0.3) is 0 Å². The third kappa shape index (κ3) is 1.51. The van der Waals surface area contributed by atoms with Crippen molar-refractivity contribution in [3.05, 3.63) is 27.2 Å². The van der Waals surface area contributed by atoms with Crippen molar-refractivity contribution in [2.75, 3.05) is 0 Å². The monoisotopic (exact) mass is 199 g/mol. The lowest BCUT2D eigenvalue weighted by Crippen LogP contribution is -1.83. The summed E-state index contributed by atoms with van der Waals surface area (Å²) < 4.78 is 12.5. The van der Waals surface area contributed by atoms with Gasteiger partial charge >= 0.3 is 0 Å². The van der Waals surface area contributed by atoms with E-state index in [1.54, 1.807) is 0 Å². The SMILES string of the molecule is Fc1c(Cl)cc(Cl)nc1Cl. The Morgan fingerprint density at radius 3 is 2.40 bits per heavy atom. The molecule has 0 aliphatic heterocycles. The number of halogens is 4. The molecule has 1 nitrogen and oxygen atoms in total. The lowest BCUT2D eigenvalue weighted by atomic mass is 10.5. The molecule has 0 unspecified atom stereocenters. The van der Waals surface area contributed by atoms with Gasteiger partial charge in [-0.1, -0.05) is 34.8 Å². The Morgan fingerprint density at radius 1 is 1.30 bits per heavy atom. The van der Waals surface area contributed by atoms with E-state index >= 15 is 0 Å². The van der Waals surface area contributed by atoms with Crippen LogP contribution in [0, 0.1) is 5.82 Å². The van der Waals surface area contributed by atoms with E-state index < -0.39 is 5.82 Å². The molecule has 0 aromatic carbocycles. The molecule has 10 heavy (non-hydrogen) atoms. The standard InChI is InChI=1S/C5HCl3FN/c6-2-1-3(7)10-5(8)4(2)9/h1H. The highest BCUT2D eigenvalue weighted by molar-refractivity contribution is 6.36. The van der Waals surface area contributed by atoms with Crippen molar-refractivity contribution in [3.63, 3.8) is 0 Å². The van der Waals surface area contributed by atoms with Gasteiger partial charge in [-0.25, -0.2) is 9.37 Å². The Hall–Kier alpha value is -0.0500. The van der Waals surface area contributed by atoms with E-state index in [-0.39, 0.29) is 15.3 Å². The number of pyridine rings is 1. The van der Waals surface area contributed by atoms with E-state index in [0.29, 0.717) is 0 Å². The molecule has 0 spiro atoms. The van der Waals surface area contributed by atoms with Crippen LogP contribution >= 0.6 is 34.8 Å². The first-order valence-electron chi connectivity index (χ1n) is 2.28. The molecule has 0 aliphatic carbocycles. The summed E-state index contributed by atoms with van der Waals surface area (Å²) in [7, 11) is 0. The second-order valence-corrected chi connectivity index (χ2v) is 2.68. The Balaban J connectivity index is 3.31. The second-order valence-electron chi connectivity index (χ2n) is 1.53. The van der Waals surface area contributed by atoms with Gasteiger partial charge in [0.1, 0.15) is 5.15 Å². The largest absolute Gasteiger partial charge is 0.221 e. The van der Waals surface area contributed by atoms with E-state index in [1.807, 2.05) is 0 Å². The Kier molecular flexibility index (Phi) is 2.34. The van der Waals surface area contributed by atoms with Gasteiger partial charge in [0.05, 0.1) is 5.02 Å². The molecule has 54 valence electrons. The summed E-state index contributed by atoms with van der Waals surface area (Å²) in [6.45, 7) is 0. The maximum absolute atomic E-state index is 12.5. The van der Waals surface area contributed by atoms with Crippen LogP contribution in [0.5, 0.6) is 0 Å². The molecular formula is C5HCl3FN. The minimum absolute atomic E-state index is 0.0800. The van der Waals surface area contributed by atoms with Gasteiger partial charge in [-0.05, 0) is 6.07 Å². The summed E-state index contributed by atoms with van der Waals surface area (Å²) in [6.07, 6.45) is 0. The number of hydrogen-bond acceptors (Lipinski definition) is 1. The molecule has 1 aromatic heterocycles. The molecular weight excluding hydrogens is 199 g/mol. The van der Waals surface area contributed by atoms with Crippen LogP contribution in [0.2, 0.25) is 15.3 Å². The van der Waals surface area contributed by atoms with Gasteiger partial charge in [0.2, 0.25) is 0 Å². The van der Waals surface area contributed by atoms with Crippen molar-refractivity contribution in [1.82, 2.24) is 4.98 Å². The number of aromatic nitrogens is 1. The molecule has 0 atom stereocenters. The molecule has 0 fully saturated rings. The van der Waals surface area contributed by atoms with Crippen molar-refractivity contribution in [2.45, 2.75) is 0 Å². The molecule has 1 aromatic rings. The van der Waals surface area contributed by atoms with Gasteiger partial charge in [0, 0.05) is 0 Å². The normalized spacial score (nSPS) is 10.0. The Bertz CT molecular complexity index is 240.